The Hall–Kier alpha value is -0.940. The molecule has 0 spiro atoms. The van der Waals surface area contributed by atoms with E-state index in [0.29, 0.717) is 15.8 Å². The largest absolute Gasteiger partial charge is 0.492 e. The maximum atomic E-state index is 12.0. The first-order valence-corrected chi connectivity index (χ1v) is 6.85. The fraction of sp³-hybridized carbons (Fsp3) is 0.545. The molecule has 2 amide bonds. The van der Waals surface area contributed by atoms with Gasteiger partial charge in [0.05, 0.1) is 12.8 Å². The van der Waals surface area contributed by atoms with Gasteiger partial charge in [-0.3, -0.25) is 0 Å². The summed E-state index contributed by atoms with van der Waals surface area (Å²) in [6.45, 7) is 1.65. The molecule has 1 fully saturated rings. The highest BCUT2D eigenvalue weighted by molar-refractivity contribution is 7.15. The number of carbonyl (C=O) groups excluding carboxylic acids is 1. The van der Waals surface area contributed by atoms with E-state index in [9.17, 15) is 4.79 Å². The molecule has 2 rings (SSSR count). The number of amides is 2. The molecule has 4 nitrogen and oxygen atoms in total. The number of ether oxygens (including phenoxy) is 1. The first-order valence-electron chi connectivity index (χ1n) is 5.59. The number of hydrogen-bond acceptors (Lipinski definition) is 3. The minimum Gasteiger partial charge on any atom is -0.492 e. The monoisotopic (exact) mass is 274 g/mol. The number of nitrogens with one attached hydrogen (secondary N) is 1. The van der Waals surface area contributed by atoms with E-state index in [2.05, 4.69) is 5.32 Å². The lowest BCUT2D eigenvalue weighted by Gasteiger charge is -2.26. The molecule has 1 N–H and O–H groups in total. The van der Waals surface area contributed by atoms with Gasteiger partial charge >= 0.3 is 6.03 Å². The maximum Gasteiger partial charge on any atom is 0.321 e. The van der Waals surface area contributed by atoms with Crippen LogP contribution in [-0.2, 0) is 0 Å². The van der Waals surface area contributed by atoms with Crippen LogP contribution in [0.15, 0.2) is 5.38 Å². The average molecular weight is 275 g/mol. The van der Waals surface area contributed by atoms with E-state index in [4.69, 9.17) is 16.3 Å². The molecule has 1 aromatic heterocycles. The Balaban J connectivity index is 2.01. The normalized spacial score (nSPS) is 15.8. The van der Waals surface area contributed by atoms with Gasteiger partial charge < -0.3 is 15.0 Å². The Morgan fingerprint density at radius 3 is 2.82 bits per heavy atom. The quantitative estimate of drug-likeness (QED) is 0.898. The number of carbonyl (C=O) groups is 1. The van der Waals surface area contributed by atoms with Crippen molar-refractivity contribution in [2.45, 2.75) is 19.3 Å². The molecule has 0 atom stereocenters. The number of methoxy groups -OCH3 is 1. The lowest BCUT2D eigenvalue weighted by atomic mass is 10.1. The van der Waals surface area contributed by atoms with Gasteiger partial charge in [0.2, 0.25) is 0 Å². The molecule has 1 aliphatic heterocycles. The molecule has 1 aromatic rings. The van der Waals surface area contributed by atoms with E-state index in [1.807, 2.05) is 4.90 Å². The van der Waals surface area contributed by atoms with Crippen molar-refractivity contribution < 1.29 is 9.53 Å². The second kappa shape index (κ2) is 5.60. The van der Waals surface area contributed by atoms with Crippen LogP contribution in [-0.4, -0.2) is 31.1 Å². The second-order valence-corrected chi connectivity index (χ2v) is 5.42. The van der Waals surface area contributed by atoms with Gasteiger partial charge in [-0.1, -0.05) is 11.6 Å². The van der Waals surface area contributed by atoms with Crippen molar-refractivity contribution in [1.29, 1.82) is 0 Å². The minimum absolute atomic E-state index is 0.0718. The van der Waals surface area contributed by atoms with Crippen molar-refractivity contribution in [2.75, 3.05) is 25.5 Å². The Kier molecular flexibility index (Phi) is 4.12. The summed E-state index contributed by atoms with van der Waals surface area (Å²) in [6, 6.07) is -0.0718. The predicted octanol–water partition coefficient (Wildman–Crippen LogP) is 3.43. The summed E-state index contributed by atoms with van der Waals surface area (Å²) in [5, 5.41) is 4.63. The van der Waals surface area contributed by atoms with Crippen LogP contribution in [0.25, 0.3) is 0 Å². The first kappa shape index (κ1) is 12.5. The standard InChI is InChI=1S/C11H15ClN2O2S/c1-16-9-8(7-17-10(9)12)13-11(15)14-5-3-2-4-6-14/h7H,2-6H2,1H3,(H,13,15). The van der Waals surface area contributed by atoms with Gasteiger partial charge in [-0.05, 0) is 19.3 Å². The zero-order valence-electron chi connectivity index (χ0n) is 9.66. The van der Waals surface area contributed by atoms with Gasteiger partial charge in [0.25, 0.3) is 0 Å². The Labute approximate surface area is 110 Å². The lowest BCUT2D eigenvalue weighted by Crippen LogP contribution is -2.38. The van der Waals surface area contributed by atoms with Crippen LogP contribution in [0.1, 0.15) is 19.3 Å². The molecular weight excluding hydrogens is 260 g/mol. The molecule has 1 saturated heterocycles. The second-order valence-electron chi connectivity index (χ2n) is 3.93. The zero-order valence-corrected chi connectivity index (χ0v) is 11.2. The number of halogens is 1. The summed E-state index contributed by atoms with van der Waals surface area (Å²) < 4.78 is 5.71. The van der Waals surface area contributed by atoms with Crippen molar-refractivity contribution in [3.8, 4) is 5.75 Å². The third kappa shape index (κ3) is 2.84. The van der Waals surface area contributed by atoms with Gasteiger partial charge in [-0.2, -0.15) is 0 Å². The average Bonchev–Trinajstić information content (AvgIpc) is 2.71. The van der Waals surface area contributed by atoms with Crippen LogP contribution in [0, 0.1) is 0 Å². The zero-order chi connectivity index (χ0) is 12.3. The lowest BCUT2D eigenvalue weighted by molar-refractivity contribution is 0.200. The third-order valence-electron chi connectivity index (χ3n) is 2.79. The van der Waals surface area contributed by atoms with Crippen molar-refractivity contribution in [3.05, 3.63) is 9.72 Å². The number of likely N-dealkylation sites (tertiary alicyclic amines) is 1. The van der Waals surface area contributed by atoms with E-state index < -0.39 is 0 Å². The summed E-state index contributed by atoms with van der Waals surface area (Å²) in [5.74, 6) is 0.544. The number of urea groups is 1. The molecule has 0 aromatic carbocycles. The van der Waals surface area contributed by atoms with Crippen LogP contribution >= 0.6 is 22.9 Å². The highest BCUT2D eigenvalue weighted by atomic mass is 35.5. The molecule has 0 bridgehead atoms. The molecule has 0 radical (unpaired) electrons. The smallest absolute Gasteiger partial charge is 0.321 e. The number of nitrogens with zero attached hydrogens (tertiary/aromatic N) is 1. The van der Waals surface area contributed by atoms with Gasteiger partial charge in [0, 0.05) is 18.5 Å². The van der Waals surface area contributed by atoms with Gasteiger partial charge in [-0.15, -0.1) is 11.3 Å². The maximum absolute atomic E-state index is 12.0. The van der Waals surface area contributed by atoms with Crippen LogP contribution in [0.5, 0.6) is 5.75 Å². The van der Waals surface area contributed by atoms with E-state index >= 15 is 0 Å². The predicted molar refractivity (Wildman–Crippen MR) is 70.3 cm³/mol. The Morgan fingerprint density at radius 1 is 1.47 bits per heavy atom. The number of rotatable bonds is 2. The molecule has 0 unspecified atom stereocenters. The fourth-order valence-corrected chi connectivity index (χ4v) is 2.89. The fourth-order valence-electron chi connectivity index (χ4n) is 1.89. The summed E-state index contributed by atoms with van der Waals surface area (Å²) in [5.41, 5.74) is 0.651. The minimum atomic E-state index is -0.0718. The van der Waals surface area contributed by atoms with E-state index in [-0.39, 0.29) is 6.03 Å². The van der Waals surface area contributed by atoms with E-state index in [0.717, 1.165) is 25.9 Å². The molecule has 94 valence electrons. The summed E-state index contributed by atoms with van der Waals surface area (Å²) in [7, 11) is 1.55. The molecular formula is C11H15ClN2O2S. The van der Waals surface area contributed by atoms with E-state index in [1.54, 1.807) is 12.5 Å². The Bertz CT molecular complexity index is 402. The van der Waals surface area contributed by atoms with E-state index in [1.165, 1.54) is 17.8 Å². The Morgan fingerprint density at radius 2 is 2.18 bits per heavy atom. The van der Waals surface area contributed by atoms with Crippen LogP contribution in [0.3, 0.4) is 0 Å². The molecule has 2 heterocycles. The van der Waals surface area contributed by atoms with Gasteiger partial charge in [0.15, 0.2) is 5.75 Å². The summed E-state index contributed by atoms with van der Waals surface area (Å²) >= 11 is 7.29. The van der Waals surface area contributed by atoms with Gasteiger partial charge in [0.1, 0.15) is 4.34 Å². The summed E-state index contributed by atoms with van der Waals surface area (Å²) in [4.78, 5) is 13.8. The van der Waals surface area contributed by atoms with Crippen molar-refractivity contribution in [3.63, 3.8) is 0 Å². The van der Waals surface area contributed by atoms with Crippen LogP contribution in [0.4, 0.5) is 10.5 Å². The highest BCUT2D eigenvalue weighted by Gasteiger charge is 2.19. The molecule has 0 saturated carbocycles. The SMILES string of the molecule is COc1c(NC(=O)N2CCCCC2)csc1Cl. The molecule has 0 aliphatic carbocycles. The molecule has 17 heavy (non-hydrogen) atoms. The highest BCUT2D eigenvalue weighted by Crippen LogP contribution is 2.39. The van der Waals surface area contributed by atoms with Crippen LogP contribution in [0.2, 0.25) is 4.34 Å². The van der Waals surface area contributed by atoms with Crippen molar-refractivity contribution in [1.82, 2.24) is 4.90 Å². The molecule has 6 heteroatoms. The molecule has 1 aliphatic rings. The van der Waals surface area contributed by atoms with Gasteiger partial charge in [-0.25, -0.2) is 4.79 Å². The van der Waals surface area contributed by atoms with Crippen molar-refractivity contribution in [2.24, 2.45) is 0 Å². The summed E-state index contributed by atoms with van der Waals surface area (Å²) in [6.07, 6.45) is 3.36. The third-order valence-corrected chi connectivity index (χ3v) is 3.98. The number of thiophene rings is 1. The first-order chi connectivity index (χ1) is 8.22. The number of piperidine rings is 1. The topological polar surface area (TPSA) is 41.6 Å². The van der Waals surface area contributed by atoms with Crippen LogP contribution < -0.4 is 10.1 Å². The number of anilines is 1. The van der Waals surface area contributed by atoms with Crippen molar-refractivity contribution >= 4 is 34.7 Å². The number of hydrogen-bond donors (Lipinski definition) is 1.